The summed E-state index contributed by atoms with van der Waals surface area (Å²) in [5, 5.41) is 2.81. The number of aliphatic imine (C=N–C) groups is 1. The normalized spacial score (nSPS) is 11.9. The maximum absolute atomic E-state index is 12.7. The van der Waals surface area contributed by atoms with Gasteiger partial charge in [0.2, 0.25) is 21.7 Å². The first-order valence-electron chi connectivity index (χ1n) is 9.18. The van der Waals surface area contributed by atoms with E-state index in [1.54, 1.807) is 78.6 Å². The van der Waals surface area contributed by atoms with Gasteiger partial charge in [0.1, 0.15) is 0 Å². The van der Waals surface area contributed by atoms with Crippen molar-refractivity contribution in [1.82, 2.24) is 14.9 Å². The van der Waals surface area contributed by atoms with E-state index in [-0.39, 0.29) is 22.2 Å². The Kier molecular flexibility index (Phi) is 6.27. The molecule has 8 heteroatoms. The zero-order valence-electron chi connectivity index (χ0n) is 16.7. The Bertz CT molecular complexity index is 1190. The third kappa shape index (κ3) is 4.72. The van der Waals surface area contributed by atoms with Gasteiger partial charge in [0.15, 0.2) is 0 Å². The van der Waals surface area contributed by atoms with Crippen LogP contribution in [0.2, 0.25) is 0 Å². The molecule has 2 aromatic carbocycles. The number of benzene rings is 2. The highest BCUT2D eigenvalue weighted by Crippen LogP contribution is 2.21. The van der Waals surface area contributed by atoms with Crippen LogP contribution in [0.3, 0.4) is 0 Å². The van der Waals surface area contributed by atoms with E-state index in [1.807, 2.05) is 6.92 Å². The molecule has 0 saturated carbocycles. The number of hydrogen-bond acceptors (Lipinski definition) is 5. The Hall–Kier alpha value is -3.52. The van der Waals surface area contributed by atoms with Crippen LogP contribution in [0.25, 0.3) is 6.20 Å². The molecule has 0 unspecified atom stereocenters. The molecule has 0 aliphatic heterocycles. The lowest BCUT2D eigenvalue weighted by atomic mass is 10.2. The number of carbonyl (C=O) groups is 1. The van der Waals surface area contributed by atoms with Crippen molar-refractivity contribution in [3.05, 3.63) is 77.6 Å². The van der Waals surface area contributed by atoms with Crippen molar-refractivity contribution < 1.29 is 13.2 Å². The lowest BCUT2D eigenvalue weighted by molar-refractivity contribution is -0.117. The fourth-order valence-corrected chi connectivity index (χ4v) is 4.02. The number of imidazole rings is 1. The van der Waals surface area contributed by atoms with Crippen LogP contribution in [0, 0.1) is 6.92 Å². The number of nitrogens with zero attached hydrogens (tertiary/aromatic N) is 3. The predicted molar refractivity (Wildman–Crippen MR) is 116 cm³/mol. The summed E-state index contributed by atoms with van der Waals surface area (Å²) in [6.45, 7) is 7.29. The molecule has 3 rings (SSSR count). The summed E-state index contributed by atoms with van der Waals surface area (Å²) in [5.74, 6) is 0.141. The molecule has 0 saturated heterocycles. The smallest absolute Gasteiger partial charge is 0.248 e. The molecule has 0 fully saturated rings. The number of amides is 1. The topological polar surface area (TPSA) is 93.4 Å². The minimum atomic E-state index is -3.57. The number of aromatic nitrogens is 2. The van der Waals surface area contributed by atoms with E-state index in [2.05, 4.69) is 22.0 Å². The van der Waals surface area contributed by atoms with Crippen LogP contribution >= 0.6 is 0 Å². The molecule has 1 N–H and O–H groups in total. The second kappa shape index (κ2) is 8.87. The summed E-state index contributed by atoms with van der Waals surface area (Å²) < 4.78 is 27.0. The zero-order valence-corrected chi connectivity index (χ0v) is 17.6. The zero-order chi connectivity index (χ0) is 21.7. The molecule has 0 atom stereocenters. The molecule has 0 spiro atoms. The van der Waals surface area contributed by atoms with E-state index in [0.29, 0.717) is 11.5 Å². The molecule has 1 heterocycles. The Labute approximate surface area is 175 Å². The summed E-state index contributed by atoms with van der Waals surface area (Å²) in [6, 6.07) is 13.2. The van der Waals surface area contributed by atoms with Crippen molar-refractivity contribution >= 4 is 34.6 Å². The molecular formula is C22H22N4O3S. The maximum atomic E-state index is 12.7. The molecule has 0 radical (unpaired) electrons. The van der Waals surface area contributed by atoms with Crippen molar-refractivity contribution in [2.75, 3.05) is 0 Å². The first-order chi connectivity index (χ1) is 14.3. The molecule has 1 aromatic heterocycles. The van der Waals surface area contributed by atoms with Gasteiger partial charge in [0.25, 0.3) is 0 Å². The molecule has 0 bridgehead atoms. The highest BCUT2D eigenvalue weighted by atomic mass is 32.2. The second-order valence-corrected chi connectivity index (χ2v) is 8.70. The van der Waals surface area contributed by atoms with Gasteiger partial charge in [-0.15, -0.1) is 0 Å². The first kappa shape index (κ1) is 21.2. The number of nitrogens with one attached hydrogen (secondary N) is 1. The average Bonchev–Trinajstić information content (AvgIpc) is 3.19. The van der Waals surface area contributed by atoms with Gasteiger partial charge in [0.05, 0.1) is 9.79 Å². The summed E-state index contributed by atoms with van der Waals surface area (Å²) in [7, 11) is -3.57. The predicted octanol–water partition coefficient (Wildman–Crippen LogP) is 3.53. The van der Waals surface area contributed by atoms with Gasteiger partial charge < -0.3 is 5.32 Å². The maximum Gasteiger partial charge on any atom is 0.248 e. The van der Waals surface area contributed by atoms with E-state index in [1.165, 1.54) is 0 Å². The van der Waals surface area contributed by atoms with Crippen molar-refractivity contribution in [2.24, 2.45) is 4.99 Å². The summed E-state index contributed by atoms with van der Waals surface area (Å²) in [5.41, 5.74) is 2.25. The SMILES string of the molecule is C=Nc1nccn1/C=C(\C)C(=O)NCc1ccc(S(=O)(=O)c2ccc(C)cc2)cc1. The van der Waals surface area contributed by atoms with Gasteiger partial charge in [-0.3, -0.25) is 9.36 Å². The quantitative estimate of drug-likeness (QED) is 0.466. The van der Waals surface area contributed by atoms with E-state index in [9.17, 15) is 13.2 Å². The van der Waals surface area contributed by atoms with Crippen LogP contribution in [-0.2, 0) is 21.2 Å². The van der Waals surface area contributed by atoms with E-state index < -0.39 is 9.84 Å². The van der Waals surface area contributed by atoms with Crippen LogP contribution in [0.5, 0.6) is 0 Å². The van der Waals surface area contributed by atoms with Gasteiger partial charge in [-0.1, -0.05) is 29.8 Å². The van der Waals surface area contributed by atoms with Gasteiger partial charge in [-0.25, -0.2) is 18.4 Å². The highest BCUT2D eigenvalue weighted by Gasteiger charge is 2.17. The van der Waals surface area contributed by atoms with Crippen molar-refractivity contribution in [3.63, 3.8) is 0 Å². The standard InChI is InChI=1S/C22H22N4O3S/c1-16-4-8-19(9-5-16)30(28,29)20-10-6-18(7-11-20)14-25-21(27)17(2)15-26-13-12-24-22(26)23-3/h4-13,15H,3,14H2,1-2H3,(H,25,27)/b17-15+. The first-order valence-corrected chi connectivity index (χ1v) is 10.7. The number of hydrogen-bond donors (Lipinski definition) is 1. The fourth-order valence-electron chi connectivity index (χ4n) is 2.76. The lowest BCUT2D eigenvalue weighted by Crippen LogP contribution is -2.23. The molecular weight excluding hydrogens is 400 g/mol. The van der Waals surface area contributed by atoms with E-state index >= 15 is 0 Å². The van der Waals surface area contributed by atoms with Crippen LogP contribution in [0.1, 0.15) is 18.1 Å². The number of carbonyl (C=O) groups excluding carboxylic acids is 1. The summed E-state index contributed by atoms with van der Waals surface area (Å²) in [4.78, 5) is 20.6. The van der Waals surface area contributed by atoms with Crippen LogP contribution in [-0.4, -0.2) is 30.6 Å². The lowest BCUT2D eigenvalue weighted by Gasteiger charge is -2.08. The third-order valence-corrected chi connectivity index (χ3v) is 6.28. The molecule has 30 heavy (non-hydrogen) atoms. The minimum Gasteiger partial charge on any atom is -0.348 e. The Balaban J connectivity index is 1.66. The molecule has 1 amide bonds. The monoisotopic (exact) mass is 422 g/mol. The Morgan fingerprint density at radius 2 is 1.73 bits per heavy atom. The number of sulfone groups is 1. The summed E-state index contributed by atoms with van der Waals surface area (Å²) in [6.07, 6.45) is 4.86. The number of aryl methyl sites for hydroxylation is 1. The summed E-state index contributed by atoms with van der Waals surface area (Å²) >= 11 is 0. The number of rotatable bonds is 7. The van der Waals surface area contributed by atoms with Crippen molar-refractivity contribution in [3.8, 4) is 0 Å². The van der Waals surface area contributed by atoms with Gasteiger partial charge in [-0.2, -0.15) is 0 Å². The van der Waals surface area contributed by atoms with E-state index in [4.69, 9.17) is 0 Å². The van der Waals surface area contributed by atoms with Crippen molar-refractivity contribution in [2.45, 2.75) is 30.2 Å². The largest absolute Gasteiger partial charge is 0.348 e. The Morgan fingerprint density at radius 1 is 1.13 bits per heavy atom. The molecule has 154 valence electrons. The highest BCUT2D eigenvalue weighted by molar-refractivity contribution is 7.91. The minimum absolute atomic E-state index is 0.210. The van der Waals surface area contributed by atoms with Crippen LogP contribution in [0.4, 0.5) is 5.95 Å². The molecule has 0 aliphatic carbocycles. The molecule has 0 aliphatic rings. The van der Waals surface area contributed by atoms with E-state index in [0.717, 1.165) is 11.1 Å². The molecule has 3 aromatic rings. The van der Waals surface area contributed by atoms with Crippen LogP contribution in [0.15, 0.2) is 81.3 Å². The van der Waals surface area contributed by atoms with Gasteiger partial charge in [-0.05, 0) is 50.4 Å². The van der Waals surface area contributed by atoms with Crippen molar-refractivity contribution in [1.29, 1.82) is 0 Å². The Morgan fingerprint density at radius 3 is 2.33 bits per heavy atom. The van der Waals surface area contributed by atoms with Crippen LogP contribution < -0.4 is 5.32 Å². The molecule has 7 nitrogen and oxygen atoms in total. The second-order valence-electron chi connectivity index (χ2n) is 6.75. The third-order valence-electron chi connectivity index (χ3n) is 4.50. The average molecular weight is 423 g/mol. The fraction of sp³-hybridized carbons (Fsp3) is 0.136. The van der Waals surface area contributed by atoms with Gasteiger partial charge in [0, 0.05) is 30.7 Å². The van der Waals surface area contributed by atoms with Gasteiger partial charge >= 0.3 is 0 Å².